The van der Waals surface area contributed by atoms with Gasteiger partial charge in [0.15, 0.2) is 11.9 Å². The largest absolute Gasteiger partial charge is 0.451 e. The highest BCUT2D eigenvalue weighted by Gasteiger charge is 2.25. The maximum absolute atomic E-state index is 12.6. The molecule has 0 radical (unpaired) electrons. The summed E-state index contributed by atoms with van der Waals surface area (Å²) < 4.78 is 33.6. The van der Waals surface area contributed by atoms with Crippen molar-refractivity contribution in [2.24, 2.45) is 0 Å². The predicted octanol–water partition coefficient (Wildman–Crippen LogP) is 4.26. The molecule has 6 nitrogen and oxygen atoms in total. The second-order valence-corrected chi connectivity index (χ2v) is 6.41. The molecule has 8 heteroatoms. The molecule has 0 saturated carbocycles. The van der Waals surface area contributed by atoms with Gasteiger partial charge in [0, 0.05) is 17.3 Å². The Kier molecular flexibility index (Phi) is 7.03. The number of rotatable bonds is 8. The van der Waals surface area contributed by atoms with Crippen LogP contribution >= 0.6 is 0 Å². The van der Waals surface area contributed by atoms with E-state index < -0.39 is 24.5 Å². The third-order valence-electron chi connectivity index (χ3n) is 4.22. The molecular formula is C21H21F2NO5. The Labute approximate surface area is 166 Å². The number of aromatic amines is 1. The number of carbonyl (C=O) groups excluding carboxylic acids is 3. The molecule has 1 N–H and O–H groups in total. The van der Waals surface area contributed by atoms with Crippen molar-refractivity contribution in [1.82, 2.24) is 4.98 Å². The number of hydrogen-bond acceptors (Lipinski definition) is 5. The second-order valence-electron chi connectivity index (χ2n) is 6.41. The smallest absolute Gasteiger partial charge is 0.387 e. The van der Waals surface area contributed by atoms with E-state index in [1.165, 1.54) is 44.2 Å². The van der Waals surface area contributed by atoms with E-state index in [4.69, 9.17) is 4.74 Å². The first-order valence-electron chi connectivity index (χ1n) is 8.78. The van der Waals surface area contributed by atoms with Crippen molar-refractivity contribution in [1.29, 1.82) is 0 Å². The lowest BCUT2D eigenvalue weighted by molar-refractivity contribution is -0.140. The lowest BCUT2D eigenvalue weighted by atomic mass is 10.0. The number of aromatic nitrogens is 1. The quantitative estimate of drug-likeness (QED) is 0.403. The van der Waals surface area contributed by atoms with E-state index in [0.717, 1.165) is 6.08 Å². The number of esters is 1. The van der Waals surface area contributed by atoms with Crippen LogP contribution in [0.25, 0.3) is 6.08 Å². The summed E-state index contributed by atoms with van der Waals surface area (Å²) in [5.41, 5.74) is 2.34. The van der Waals surface area contributed by atoms with Gasteiger partial charge in [-0.2, -0.15) is 8.78 Å². The molecule has 29 heavy (non-hydrogen) atoms. The summed E-state index contributed by atoms with van der Waals surface area (Å²) in [6, 6.07) is 5.66. The topological polar surface area (TPSA) is 85.5 Å². The minimum absolute atomic E-state index is 0.000451. The molecule has 0 amide bonds. The fourth-order valence-electron chi connectivity index (χ4n) is 2.92. The number of ketones is 2. The normalized spacial score (nSPS) is 12.2. The summed E-state index contributed by atoms with van der Waals surface area (Å²) in [6.07, 6.45) is 1.48. The van der Waals surface area contributed by atoms with Crippen molar-refractivity contribution in [2.45, 2.75) is 40.4 Å². The third-order valence-corrected chi connectivity index (χ3v) is 4.22. The van der Waals surface area contributed by atoms with Gasteiger partial charge in [0.25, 0.3) is 0 Å². The van der Waals surface area contributed by atoms with Crippen LogP contribution in [0.3, 0.4) is 0 Å². The molecule has 0 saturated heterocycles. The summed E-state index contributed by atoms with van der Waals surface area (Å²) in [6.45, 7) is 3.29. The molecular weight excluding hydrogens is 384 g/mol. The highest BCUT2D eigenvalue weighted by Crippen LogP contribution is 2.20. The summed E-state index contributed by atoms with van der Waals surface area (Å²) in [5.74, 6) is -1.35. The van der Waals surface area contributed by atoms with Crippen molar-refractivity contribution >= 4 is 23.6 Å². The van der Waals surface area contributed by atoms with E-state index >= 15 is 0 Å². The van der Waals surface area contributed by atoms with Gasteiger partial charge < -0.3 is 14.5 Å². The standard InChI is InChI=1S/C21H21F2NO5/c1-11-18(13(3)25)12(2)24-19(11)20(27)14(4)28-17(26)10-7-15-5-8-16(9-6-15)29-21(22)23/h5-10,14,21,24H,1-4H3/b10-7+. The zero-order chi connectivity index (χ0) is 21.7. The molecule has 154 valence electrons. The number of nitrogens with one attached hydrogen (secondary N) is 1. The minimum atomic E-state index is -2.91. The molecule has 0 aliphatic rings. The number of Topliss-reactive ketones (excluding diaryl/α,β-unsaturated/α-hetero) is 2. The summed E-state index contributed by atoms with van der Waals surface area (Å²) in [5, 5.41) is 0. The maximum atomic E-state index is 12.6. The monoisotopic (exact) mass is 405 g/mol. The van der Waals surface area contributed by atoms with Crippen LogP contribution in [0.2, 0.25) is 0 Å². The lowest BCUT2D eigenvalue weighted by Gasteiger charge is -2.10. The zero-order valence-corrected chi connectivity index (χ0v) is 16.4. The van der Waals surface area contributed by atoms with E-state index in [1.807, 2.05) is 0 Å². The molecule has 0 aliphatic heterocycles. The van der Waals surface area contributed by atoms with Gasteiger partial charge >= 0.3 is 12.6 Å². The molecule has 0 bridgehead atoms. The number of ether oxygens (including phenoxy) is 2. The summed E-state index contributed by atoms with van der Waals surface area (Å²) in [7, 11) is 0. The molecule has 2 rings (SSSR count). The van der Waals surface area contributed by atoms with E-state index in [1.54, 1.807) is 13.8 Å². The van der Waals surface area contributed by atoms with Gasteiger partial charge in [-0.25, -0.2) is 4.79 Å². The van der Waals surface area contributed by atoms with Crippen LogP contribution in [0.1, 0.15) is 51.5 Å². The highest BCUT2D eigenvalue weighted by molar-refractivity contribution is 6.05. The molecule has 1 atom stereocenters. The molecule has 1 aromatic carbocycles. The Morgan fingerprint density at radius 1 is 1.10 bits per heavy atom. The van der Waals surface area contributed by atoms with Crippen LogP contribution in [-0.4, -0.2) is 35.2 Å². The van der Waals surface area contributed by atoms with E-state index in [-0.39, 0.29) is 17.2 Å². The number of alkyl halides is 2. The van der Waals surface area contributed by atoms with Gasteiger partial charge in [-0.05, 0) is 57.0 Å². The number of halogens is 2. The molecule has 1 aromatic heterocycles. The average Bonchev–Trinajstić information content (AvgIpc) is 2.94. The van der Waals surface area contributed by atoms with E-state index in [0.29, 0.717) is 22.4 Å². The van der Waals surface area contributed by atoms with Crippen LogP contribution in [0, 0.1) is 13.8 Å². The second kappa shape index (κ2) is 9.27. The Hall–Kier alpha value is -3.29. The van der Waals surface area contributed by atoms with Crippen molar-refractivity contribution in [3.05, 3.63) is 58.4 Å². The van der Waals surface area contributed by atoms with Crippen LogP contribution in [0.4, 0.5) is 8.78 Å². The number of hydrogen-bond donors (Lipinski definition) is 1. The van der Waals surface area contributed by atoms with Gasteiger partial charge in [0.05, 0.1) is 5.69 Å². The van der Waals surface area contributed by atoms with E-state index in [2.05, 4.69) is 9.72 Å². The van der Waals surface area contributed by atoms with Crippen molar-refractivity contribution in [2.75, 3.05) is 0 Å². The van der Waals surface area contributed by atoms with E-state index in [9.17, 15) is 23.2 Å². The predicted molar refractivity (Wildman–Crippen MR) is 102 cm³/mol. The van der Waals surface area contributed by atoms with Crippen LogP contribution in [0.15, 0.2) is 30.3 Å². The van der Waals surface area contributed by atoms with Gasteiger partial charge in [-0.15, -0.1) is 0 Å². The number of carbonyl (C=O) groups is 3. The first-order valence-corrected chi connectivity index (χ1v) is 8.78. The Morgan fingerprint density at radius 2 is 1.72 bits per heavy atom. The number of benzene rings is 1. The Balaban J connectivity index is 2.01. The maximum Gasteiger partial charge on any atom is 0.387 e. The average molecular weight is 405 g/mol. The van der Waals surface area contributed by atoms with Gasteiger partial charge in [-0.3, -0.25) is 9.59 Å². The fraction of sp³-hybridized carbons (Fsp3) is 0.286. The molecule has 0 aliphatic carbocycles. The third kappa shape index (κ3) is 5.60. The molecule has 0 fully saturated rings. The van der Waals surface area contributed by atoms with Gasteiger partial charge in [0.2, 0.25) is 5.78 Å². The van der Waals surface area contributed by atoms with Gasteiger partial charge in [-0.1, -0.05) is 12.1 Å². The molecule has 1 heterocycles. The van der Waals surface area contributed by atoms with Gasteiger partial charge in [0.1, 0.15) is 5.75 Å². The first-order chi connectivity index (χ1) is 13.6. The molecule has 0 spiro atoms. The SMILES string of the molecule is CC(=O)c1c(C)[nH]c(C(=O)C(C)OC(=O)/C=C/c2ccc(OC(F)F)cc2)c1C. The zero-order valence-electron chi connectivity index (χ0n) is 16.4. The van der Waals surface area contributed by atoms with Crippen LogP contribution < -0.4 is 4.74 Å². The van der Waals surface area contributed by atoms with Crippen molar-refractivity contribution < 1.29 is 32.6 Å². The molecule has 2 aromatic rings. The highest BCUT2D eigenvalue weighted by atomic mass is 19.3. The minimum Gasteiger partial charge on any atom is -0.451 e. The summed E-state index contributed by atoms with van der Waals surface area (Å²) >= 11 is 0. The Bertz CT molecular complexity index is 945. The fourth-order valence-corrected chi connectivity index (χ4v) is 2.92. The van der Waals surface area contributed by atoms with Crippen molar-refractivity contribution in [3.63, 3.8) is 0 Å². The number of H-pyrrole nitrogens is 1. The lowest BCUT2D eigenvalue weighted by Crippen LogP contribution is -2.24. The van der Waals surface area contributed by atoms with Crippen molar-refractivity contribution in [3.8, 4) is 5.75 Å². The molecule has 1 unspecified atom stereocenters. The summed E-state index contributed by atoms with van der Waals surface area (Å²) in [4.78, 5) is 39.1. The van der Waals surface area contributed by atoms with Crippen LogP contribution in [-0.2, 0) is 9.53 Å². The Morgan fingerprint density at radius 3 is 2.24 bits per heavy atom. The number of aryl methyl sites for hydroxylation is 1. The first kappa shape index (κ1) is 22.0. The van der Waals surface area contributed by atoms with Crippen LogP contribution in [0.5, 0.6) is 5.75 Å².